The molecule has 0 aliphatic carbocycles. The number of sulfonamides is 1. The van der Waals surface area contributed by atoms with E-state index >= 15 is 0 Å². The van der Waals surface area contributed by atoms with Crippen molar-refractivity contribution in [2.75, 3.05) is 18.0 Å². The zero-order valence-corrected chi connectivity index (χ0v) is 26.0. The first kappa shape index (κ1) is 32.1. The van der Waals surface area contributed by atoms with Gasteiger partial charge in [-0.05, 0) is 87.0 Å². The summed E-state index contributed by atoms with van der Waals surface area (Å²) in [6, 6.07) is 29.7. The number of nitrogens with one attached hydrogen (secondary N) is 1. The molecule has 0 aromatic heterocycles. The molecule has 0 radical (unpaired) electrons. The van der Waals surface area contributed by atoms with Crippen molar-refractivity contribution in [1.82, 2.24) is 10.2 Å². The zero-order chi connectivity index (χ0) is 31.7. The largest absolute Gasteiger partial charge is 0.497 e. The van der Waals surface area contributed by atoms with Crippen LogP contribution in [-0.4, -0.2) is 50.9 Å². The van der Waals surface area contributed by atoms with Crippen LogP contribution in [0.4, 0.5) is 5.69 Å². The maximum atomic E-state index is 14.1. The van der Waals surface area contributed by atoms with Crippen molar-refractivity contribution < 1.29 is 27.5 Å². The maximum Gasteiger partial charge on any atom is 0.264 e. The molecule has 1 N–H and O–H groups in total. The molecule has 0 heterocycles. The van der Waals surface area contributed by atoms with Crippen LogP contribution in [0.3, 0.4) is 0 Å². The second kappa shape index (κ2) is 14.6. The van der Waals surface area contributed by atoms with Crippen molar-refractivity contribution in [2.45, 2.75) is 44.3 Å². The summed E-state index contributed by atoms with van der Waals surface area (Å²) in [5, 5.41) is 2.85. The molecule has 1 unspecified atom stereocenters. The van der Waals surface area contributed by atoms with Crippen LogP contribution < -0.4 is 19.1 Å². The van der Waals surface area contributed by atoms with Crippen molar-refractivity contribution in [3.05, 3.63) is 115 Å². The average molecular weight is 616 g/mol. The van der Waals surface area contributed by atoms with Crippen molar-refractivity contribution in [3.8, 4) is 17.2 Å². The first-order chi connectivity index (χ1) is 21.1. The lowest BCUT2D eigenvalue weighted by molar-refractivity contribution is -0.139. The van der Waals surface area contributed by atoms with Crippen LogP contribution >= 0.6 is 0 Å². The van der Waals surface area contributed by atoms with Crippen LogP contribution in [-0.2, 0) is 26.2 Å². The molecule has 4 aromatic rings. The van der Waals surface area contributed by atoms with Gasteiger partial charge in [-0.3, -0.25) is 13.9 Å². The van der Waals surface area contributed by atoms with E-state index in [1.54, 1.807) is 80.8 Å². The molecule has 1 atom stereocenters. The molecule has 0 spiro atoms. The Morgan fingerprint density at radius 1 is 0.750 bits per heavy atom. The highest BCUT2D eigenvalue weighted by Crippen LogP contribution is 2.28. The molecular formula is C34H37N3O6S. The van der Waals surface area contributed by atoms with Crippen LogP contribution in [0.15, 0.2) is 114 Å². The van der Waals surface area contributed by atoms with E-state index in [2.05, 4.69) is 5.32 Å². The van der Waals surface area contributed by atoms with E-state index in [0.717, 1.165) is 9.87 Å². The molecule has 0 saturated carbocycles. The molecule has 0 aliphatic rings. The van der Waals surface area contributed by atoms with Gasteiger partial charge in [0.05, 0.1) is 17.7 Å². The molecule has 0 saturated heterocycles. The van der Waals surface area contributed by atoms with Gasteiger partial charge in [0.15, 0.2) is 0 Å². The van der Waals surface area contributed by atoms with Gasteiger partial charge in [-0.2, -0.15) is 0 Å². The van der Waals surface area contributed by atoms with E-state index in [9.17, 15) is 18.0 Å². The summed E-state index contributed by atoms with van der Waals surface area (Å²) in [4.78, 5) is 28.6. The normalized spacial score (nSPS) is 11.8. The van der Waals surface area contributed by atoms with Gasteiger partial charge in [0.1, 0.15) is 29.8 Å². The molecular weight excluding hydrogens is 578 g/mol. The van der Waals surface area contributed by atoms with Crippen molar-refractivity contribution in [3.63, 3.8) is 0 Å². The first-order valence-corrected chi connectivity index (χ1v) is 15.7. The van der Waals surface area contributed by atoms with Crippen LogP contribution in [0, 0.1) is 0 Å². The predicted molar refractivity (Wildman–Crippen MR) is 170 cm³/mol. The Balaban J connectivity index is 1.68. The highest BCUT2D eigenvalue weighted by molar-refractivity contribution is 7.92. The molecule has 0 fully saturated rings. The van der Waals surface area contributed by atoms with Crippen LogP contribution in [0.2, 0.25) is 0 Å². The summed E-state index contributed by atoms with van der Waals surface area (Å²) in [6.45, 7) is 4.84. The van der Waals surface area contributed by atoms with E-state index < -0.39 is 28.5 Å². The fourth-order valence-corrected chi connectivity index (χ4v) is 5.90. The minimum absolute atomic E-state index is 0.0321. The average Bonchev–Trinajstić information content (AvgIpc) is 3.03. The number of amides is 2. The summed E-state index contributed by atoms with van der Waals surface area (Å²) in [6.07, 6.45) is 0. The number of anilines is 1. The van der Waals surface area contributed by atoms with E-state index in [1.807, 2.05) is 44.2 Å². The summed E-state index contributed by atoms with van der Waals surface area (Å²) < 4.78 is 40.1. The number of rotatable bonds is 13. The number of methoxy groups -OCH3 is 1. The molecule has 9 nitrogen and oxygen atoms in total. The molecule has 0 bridgehead atoms. The summed E-state index contributed by atoms with van der Waals surface area (Å²) in [5.41, 5.74) is 1.02. The maximum absolute atomic E-state index is 14.1. The SMILES string of the molecule is COc1ccc(CN(C(=O)CN(c2ccc(Oc3ccccc3)cc2)S(=O)(=O)c2ccccc2)C(C)C(=O)NC(C)C)cc1. The monoisotopic (exact) mass is 615 g/mol. The summed E-state index contributed by atoms with van der Waals surface area (Å²) in [7, 11) is -2.61. The minimum Gasteiger partial charge on any atom is -0.497 e. The van der Waals surface area contributed by atoms with Gasteiger partial charge >= 0.3 is 0 Å². The Hall–Kier alpha value is -4.83. The third-order valence-electron chi connectivity index (χ3n) is 6.82. The van der Waals surface area contributed by atoms with Crippen LogP contribution in [0.5, 0.6) is 17.2 Å². The second-order valence-electron chi connectivity index (χ2n) is 10.4. The fraction of sp³-hybridized carbons (Fsp3) is 0.235. The number of carbonyl (C=O) groups excluding carboxylic acids is 2. The third kappa shape index (κ3) is 8.17. The van der Waals surface area contributed by atoms with Crippen molar-refractivity contribution >= 4 is 27.5 Å². The van der Waals surface area contributed by atoms with Gasteiger partial charge in [0.25, 0.3) is 10.0 Å². The van der Waals surface area contributed by atoms with Crippen LogP contribution in [0.1, 0.15) is 26.3 Å². The predicted octanol–water partition coefficient (Wildman–Crippen LogP) is 5.62. The van der Waals surface area contributed by atoms with Crippen LogP contribution in [0.25, 0.3) is 0 Å². The number of benzene rings is 4. The van der Waals surface area contributed by atoms with E-state index in [4.69, 9.17) is 9.47 Å². The molecule has 44 heavy (non-hydrogen) atoms. The fourth-order valence-electron chi connectivity index (χ4n) is 4.47. The van der Waals surface area contributed by atoms with E-state index in [1.165, 1.54) is 17.0 Å². The molecule has 2 amide bonds. The molecule has 230 valence electrons. The molecule has 4 rings (SSSR count). The number of hydrogen-bond donors (Lipinski definition) is 1. The standard InChI is InChI=1S/C34H37N3O6S/c1-25(2)35-34(39)26(3)36(23-27-15-19-29(42-4)20-16-27)33(38)24-37(44(40,41)32-13-9-6-10-14-32)28-17-21-31(22-18-28)43-30-11-7-5-8-12-30/h5-22,25-26H,23-24H2,1-4H3,(H,35,39). The van der Waals surface area contributed by atoms with Gasteiger partial charge in [0.2, 0.25) is 11.8 Å². The Labute approximate surface area is 259 Å². The summed E-state index contributed by atoms with van der Waals surface area (Å²) in [5.74, 6) is 0.894. The lowest BCUT2D eigenvalue weighted by Gasteiger charge is -2.32. The van der Waals surface area contributed by atoms with Crippen molar-refractivity contribution in [1.29, 1.82) is 0 Å². The van der Waals surface area contributed by atoms with Gasteiger partial charge in [0, 0.05) is 12.6 Å². The lowest BCUT2D eigenvalue weighted by Crippen LogP contribution is -2.52. The highest BCUT2D eigenvalue weighted by Gasteiger charge is 2.32. The first-order valence-electron chi connectivity index (χ1n) is 14.2. The number of hydrogen-bond acceptors (Lipinski definition) is 6. The number of ether oxygens (including phenoxy) is 2. The van der Waals surface area contributed by atoms with Gasteiger partial charge in [-0.15, -0.1) is 0 Å². The van der Waals surface area contributed by atoms with Gasteiger partial charge in [-0.1, -0.05) is 48.5 Å². The molecule has 4 aromatic carbocycles. The topological polar surface area (TPSA) is 105 Å². The highest BCUT2D eigenvalue weighted by atomic mass is 32.2. The zero-order valence-electron chi connectivity index (χ0n) is 25.2. The number of nitrogens with zero attached hydrogens (tertiary/aromatic N) is 2. The minimum atomic E-state index is -4.17. The summed E-state index contributed by atoms with van der Waals surface area (Å²) >= 11 is 0. The van der Waals surface area contributed by atoms with Crippen molar-refractivity contribution in [2.24, 2.45) is 0 Å². The van der Waals surface area contributed by atoms with E-state index in [0.29, 0.717) is 17.2 Å². The smallest absolute Gasteiger partial charge is 0.264 e. The Morgan fingerprint density at radius 2 is 1.30 bits per heavy atom. The molecule has 0 aliphatic heterocycles. The molecule has 10 heteroatoms. The van der Waals surface area contributed by atoms with Gasteiger partial charge < -0.3 is 19.7 Å². The number of para-hydroxylation sites is 1. The Bertz CT molecular complexity index is 1630. The third-order valence-corrected chi connectivity index (χ3v) is 8.61. The Morgan fingerprint density at radius 3 is 1.86 bits per heavy atom. The second-order valence-corrected chi connectivity index (χ2v) is 12.3. The Kier molecular flexibility index (Phi) is 10.6. The van der Waals surface area contributed by atoms with E-state index in [-0.39, 0.29) is 29.1 Å². The lowest BCUT2D eigenvalue weighted by atomic mass is 10.1. The quantitative estimate of drug-likeness (QED) is 0.209. The number of carbonyl (C=O) groups is 2. The van der Waals surface area contributed by atoms with Gasteiger partial charge in [-0.25, -0.2) is 8.42 Å².